The molecule has 0 radical (unpaired) electrons. The smallest absolute Gasteiger partial charge is 0.0654 e. The Bertz CT molecular complexity index is 377. The highest BCUT2D eigenvalue weighted by Crippen LogP contribution is 2.25. The van der Waals surface area contributed by atoms with Crippen LogP contribution in [0.3, 0.4) is 0 Å². The molecule has 1 aromatic heterocycles. The Morgan fingerprint density at radius 1 is 1.38 bits per heavy atom. The number of pyridine rings is 1. The SMILES string of the molecule is c1cncc(C/N=C2/CN3CCC2CC3)c1. The van der Waals surface area contributed by atoms with Crippen molar-refractivity contribution in [2.45, 2.75) is 19.4 Å². The van der Waals surface area contributed by atoms with Gasteiger partial charge in [-0.15, -0.1) is 0 Å². The van der Waals surface area contributed by atoms with Gasteiger partial charge in [0.15, 0.2) is 0 Å². The number of fused-ring (bicyclic) bond motifs is 3. The second-order valence-corrected chi connectivity index (χ2v) is 4.72. The van der Waals surface area contributed by atoms with E-state index in [4.69, 9.17) is 4.99 Å². The van der Waals surface area contributed by atoms with E-state index in [1.807, 2.05) is 18.5 Å². The second kappa shape index (κ2) is 4.34. The van der Waals surface area contributed by atoms with Crippen LogP contribution in [-0.2, 0) is 6.54 Å². The topological polar surface area (TPSA) is 28.5 Å². The number of aliphatic imine (C=N–C) groups is 1. The van der Waals surface area contributed by atoms with Gasteiger partial charge in [-0.25, -0.2) is 0 Å². The molecule has 1 aromatic rings. The maximum Gasteiger partial charge on any atom is 0.0654 e. The predicted molar refractivity (Wildman–Crippen MR) is 64.5 cm³/mol. The summed E-state index contributed by atoms with van der Waals surface area (Å²) in [5.41, 5.74) is 2.63. The molecule has 0 unspecified atom stereocenters. The minimum absolute atomic E-state index is 0.765. The van der Waals surface area contributed by atoms with Crippen molar-refractivity contribution in [2.75, 3.05) is 19.6 Å². The van der Waals surface area contributed by atoms with Gasteiger partial charge < -0.3 is 0 Å². The van der Waals surface area contributed by atoms with Crippen molar-refractivity contribution in [2.24, 2.45) is 10.9 Å². The Morgan fingerprint density at radius 2 is 2.25 bits per heavy atom. The summed E-state index contributed by atoms with van der Waals surface area (Å²) in [6.45, 7) is 4.45. The minimum Gasteiger partial charge on any atom is -0.298 e. The van der Waals surface area contributed by atoms with Gasteiger partial charge in [0.25, 0.3) is 0 Å². The number of aromatic nitrogens is 1. The summed E-state index contributed by atoms with van der Waals surface area (Å²) < 4.78 is 0. The molecule has 84 valence electrons. The van der Waals surface area contributed by atoms with Gasteiger partial charge in [0.1, 0.15) is 0 Å². The van der Waals surface area contributed by atoms with Crippen molar-refractivity contribution in [1.82, 2.24) is 9.88 Å². The minimum atomic E-state index is 0.765. The Balaban J connectivity index is 1.69. The summed E-state index contributed by atoms with van der Waals surface area (Å²) in [5, 5.41) is 0. The first-order chi connectivity index (χ1) is 7.92. The van der Waals surface area contributed by atoms with Crippen molar-refractivity contribution >= 4 is 5.71 Å². The van der Waals surface area contributed by atoms with Gasteiger partial charge in [-0.2, -0.15) is 0 Å². The third-order valence-corrected chi connectivity index (χ3v) is 3.63. The molecular formula is C13H17N3. The summed E-state index contributed by atoms with van der Waals surface area (Å²) >= 11 is 0. The van der Waals surface area contributed by atoms with Crippen LogP contribution in [0.25, 0.3) is 0 Å². The van der Waals surface area contributed by atoms with Crippen LogP contribution < -0.4 is 0 Å². The lowest BCUT2D eigenvalue weighted by atomic mass is 9.86. The molecule has 3 heteroatoms. The molecule has 0 saturated carbocycles. The molecule has 0 N–H and O–H groups in total. The van der Waals surface area contributed by atoms with Crippen LogP contribution >= 0.6 is 0 Å². The monoisotopic (exact) mass is 215 g/mol. The van der Waals surface area contributed by atoms with E-state index >= 15 is 0 Å². The fraction of sp³-hybridized carbons (Fsp3) is 0.538. The fourth-order valence-corrected chi connectivity index (χ4v) is 2.65. The van der Waals surface area contributed by atoms with Crippen molar-refractivity contribution in [3.05, 3.63) is 30.1 Å². The van der Waals surface area contributed by atoms with Gasteiger partial charge in [0, 0.05) is 30.6 Å². The highest BCUT2D eigenvalue weighted by molar-refractivity contribution is 5.90. The normalized spacial score (nSPS) is 30.9. The van der Waals surface area contributed by atoms with Crippen LogP contribution in [0.5, 0.6) is 0 Å². The molecule has 3 aliphatic heterocycles. The highest BCUT2D eigenvalue weighted by atomic mass is 15.2. The van der Waals surface area contributed by atoms with Gasteiger partial charge in [0.2, 0.25) is 0 Å². The zero-order chi connectivity index (χ0) is 10.8. The van der Waals surface area contributed by atoms with Crippen LogP contribution in [0.15, 0.2) is 29.5 Å². The predicted octanol–water partition coefficient (Wildman–Crippen LogP) is 1.75. The van der Waals surface area contributed by atoms with Crippen LogP contribution in [0.1, 0.15) is 18.4 Å². The first-order valence-electron chi connectivity index (χ1n) is 6.06. The molecule has 0 amide bonds. The summed E-state index contributed by atoms with van der Waals surface area (Å²) in [4.78, 5) is 11.4. The van der Waals surface area contributed by atoms with Crippen molar-refractivity contribution in [3.8, 4) is 0 Å². The molecule has 3 aliphatic rings. The number of rotatable bonds is 2. The number of hydrogen-bond acceptors (Lipinski definition) is 3. The van der Waals surface area contributed by atoms with E-state index in [9.17, 15) is 0 Å². The second-order valence-electron chi connectivity index (χ2n) is 4.72. The average molecular weight is 215 g/mol. The van der Waals surface area contributed by atoms with E-state index in [0.29, 0.717) is 0 Å². The third kappa shape index (κ3) is 2.00. The Morgan fingerprint density at radius 3 is 2.88 bits per heavy atom. The van der Waals surface area contributed by atoms with Gasteiger partial charge in [-0.1, -0.05) is 6.07 Å². The Labute approximate surface area is 96.2 Å². The van der Waals surface area contributed by atoms with Gasteiger partial charge in [-0.05, 0) is 37.6 Å². The summed E-state index contributed by atoms with van der Waals surface area (Å²) in [6.07, 6.45) is 6.34. The first-order valence-corrected chi connectivity index (χ1v) is 6.06. The lowest BCUT2D eigenvalue weighted by Gasteiger charge is -2.40. The molecule has 3 nitrogen and oxygen atoms in total. The lowest BCUT2D eigenvalue weighted by molar-refractivity contribution is 0.200. The van der Waals surface area contributed by atoms with E-state index < -0.39 is 0 Å². The van der Waals surface area contributed by atoms with E-state index in [0.717, 1.165) is 19.0 Å². The Kier molecular flexibility index (Phi) is 2.70. The summed E-state index contributed by atoms with van der Waals surface area (Å²) in [5.74, 6) is 0.765. The number of nitrogens with zero attached hydrogens (tertiary/aromatic N) is 3. The molecule has 0 aliphatic carbocycles. The van der Waals surface area contributed by atoms with Crippen LogP contribution in [-0.4, -0.2) is 35.2 Å². The number of piperidine rings is 3. The maximum absolute atomic E-state index is 4.77. The van der Waals surface area contributed by atoms with E-state index in [2.05, 4.69) is 16.0 Å². The van der Waals surface area contributed by atoms with Crippen LogP contribution in [0.4, 0.5) is 0 Å². The maximum atomic E-state index is 4.77. The van der Waals surface area contributed by atoms with Gasteiger partial charge in [0.05, 0.1) is 6.54 Å². The third-order valence-electron chi connectivity index (χ3n) is 3.63. The number of hydrogen-bond donors (Lipinski definition) is 0. The van der Waals surface area contributed by atoms with E-state index in [1.165, 1.54) is 37.2 Å². The quantitative estimate of drug-likeness (QED) is 0.752. The summed E-state index contributed by atoms with van der Waals surface area (Å²) in [6, 6.07) is 4.07. The van der Waals surface area contributed by atoms with Crippen molar-refractivity contribution in [3.63, 3.8) is 0 Å². The molecule has 3 saturated heterocycles. The lowest BCUT2D eigenvalue weighted by Crippen LogP contribution is -2.47. The zero-order valence-electron chi connectivity index (χ0n) is 9.47. The molecular weight excluding hydrogens is 198 g/mol. The average Bonchev–Trinajstić information content (AvgIpc) is 2.39. The summed E-state index contributed by atoms with van der Waals surface area (Å²) in [7, 11) is 0. The van der Waals surface area contributed by atoms with Gasteiger partial charge in [-0.3, -0.25) is 14.9 Å². The molecule has 0 atom stereocenters. The largest absolute Gasteiger partial charge is 0.298 e. The Hall–Kier alpha value is -1.22. The fourth-order valence-electron chi connectivity index (χ4n) is 2.65. The molecule has 4 rings (SSSR count). The molecule has 16 heavy (non-hydrogen) atoms. The van der Waals surface area contributed by atoms with Gasteiger partial charge >= 0.3 is 0 Å². The van der Waals surface area contributed by atoms with Crippen molar-refractivity contribution in [1.29, 1.82) is 0 Å². The standard InChI is InChI=1S/C13H17N3/c1-2-11(8-14-5-1)9-15-13-10-16-6-3-12(13)4-7-16/h1-2,5,8,12H,3-4,6-7,9-10H2/b15-13-. The van der Waals surface area contributed by atoms with Crippen LogP contribution in [0.2, 0.25) is 0 Å². The first kappa shape index (κ1) is 9.97. The highest BCUT2D eigenvalue weighted by Gasteiger charge is 2.30. The molecule has 0 aromatic carbocycles. The molecule has 4 heterocycles. The van der Waals surface area contributed by atoms with Crippen molar-refractivity contribution < 1.29 is 0 Å². The molecule has 0 spiro atoms. The molecule has 3 fully saturated rings. The van der Waals surface area contributed by atoms with E-state index in [1.54, 1.807) is 0 Å². The zero-order valence-corrected chi connectivity index (χ0v) is 9.47. The van der Waals surface area contributed by atoms with Crippen LogP contribution in [0, 0.1) is 5.92 Å². The van der Waals surface area contributed by atoms with E-state index in [-0.39, 0.29) is 0 Å². The molecule has 2 bridgehead atoms.